The third-order valence-corrected chi connectivity index (χ3v) is 4.48. The van der Waals surface area contributed by atoms with E-state index in [2.05, 4.69) is 10.2 Å². The van der Waals surface area contributed by atoms with Crippen LogP contribution in [0.15, 0.2) is 24.3 Å². The standard InChI is InChI=1S/C18H25N3O4/c1-14(22)19-12-17-13-21(18(23)25-17)15-4-6-16(7-5-15)24-11-10-20-8-2-3-9-20/h4-7,17H,2-3,8-13H2,1H3,(H,19,22)/t17-/m0/s1. The molecule has 1 atom stereocenters. The van der Waals surface area contributed by atoms with Crippen molar-refractivity contribution in [3.8, 4) is 5.75 Å². The van der Waals surface area contributed by atoms with Crippen LogP contribution in [0.1, 0.15) is 19.8 Å². The van der Waals surface area contributed by atoms with Crippen LogP contribution in [0.4, 0.5) is 10.5 Å². The smallest absolute Gasteiger partial charge is 0.414 e. The van der Waals surface area contributed by atoms with E-state index >= 15 is 0 Å². The number of hydrogen-bond acceptors (Lipinski definition) is 5. The number of anilines is 1. The van der Waals surface area contributed by atoms with E-state index in [4.69, 9.17) is 9.47 Å². The van der Waals surface area contributed by atoms with E-state index in [1.165, 1.54) is 32.9 Å². The number of amides is 2. The zero-order chi connectivity index (χ0) is 17.6. The van der Waals surface area contributed by atoms with Crippen molar-refractivity contribution in [1.82, 2.24) is 10.2 Å². The molecule has 2 aliphatic rings. The zero-order valence-corrected chi connectivity index (χ0v) is 14.6. The average molecular weight is 347 g/mol. The molecule has 2 aliphatic heterocycles. The first kappa shape index (κ1) is 17.5. The highest BCUT2D eigenvalue weighted by Gasteiger charge is 2.32. The normalized spacial score (nSPS) is 20.6. The van der Waals surface area contributed by atoms with Gasteiger partial charge >= 0.3 is 6.09 Å². The van der Waals surface area contributed by atoms with Gasteiger partial charge in [-0.25, -0.2) is 4.79 Å². The van der Waals surface area contributed by atoms with Gasteiger partial charge in [-0.05, 0) is 50.2 Å². The maximum atomic E-state index is 12.0. The van der Waals surface area contributed by atoms with Crippen molar-refractivity contribution >= 4 is 17.7 Å². The third kappa shape index (κ3) is 4.85. The number of nitrogens with zero attached hydrogens (tertiary/aromatic N) is 2. The van der Waals surface area contributed by atoms with Gasteiger partial charge in [0.25, 0.3) is 0 Å². The molecule has 0 bridgehead atoms. The molecule has 1 aromatic rings. The summed E-state index contributed by atoms with van der Waals surface area (Å²) in [5.74, 6) is 0.662. The van der Waals surface area contributed by atoms with E-state index in [1.807, 2.05) is 24.3 Å². The van der Waals surface area contributed by atoms with Gasteiger partial charge in [0, 0.05) is 19.2 Å². The zero-order valence-electron chi connectivity index (χ0n) is 14.6. The molecule has 2 heterocycles. The molecule has 0 saturated carbocycles. The fraction of sp³-hybridized carbons (Fsp3) is 0.556. The summed E-state index contributed by atoms with van der Waals surface area (Å²) in [7, 11) is 0. The Morgan fingerprint density at radius 2 is 2.00 bits per heavy atom. The molecule has 2 fully saturated rings. The lowest BCUT2D eigenvalue weighted by molar-refractivity contribution is -0.119. The van der Waals surface area contributed by atoms with Crippen molar-refractivity contribution in [3.63, 3.8) is 0 Å². The molecule has 136 valence electrons. The van der Waals surface area contributed by atoms with Crippen LogP contribution in [-0.4, -0.2) is 62.3 Å². The van der Waals surface area contributed by atoms with Crippen molar-refractivity contribution in [2.24, 2.45) is 0 Å². The second-order valence-electron chi connectivity index (χ2n) is 6.44. The molecule has 7 nitrogen and oxygen atoms in total. The predicted molar refractivity (Wildman–Crippen MR) is 93.9 cm³/mol. The summed E-state index contributed by atoms with van der Waals surface area (Å²) in [6.07, 6.45) is 1.85. The van der Waals surface area contributed by atoms with E-state index in [1.54, 1.807) is 4.90 Å². The number of benzene rings is 1. The molecule has 1 N–H and O–H groups in total. The summed E-state index contributed by atoms with van der Waals surface area (Å²) in [4.78, 5) is 26.9. The highest BCUT2D eigenvalue weighted by molar-refractivity contribution is 5.89. The van der Waals surface area contributed by atoms with Crippen molar-refractivity contribution in [1.29, 1.82) is 0 Å². The minimum atomic E-state index is -0.391. The van der Waals surface area contributed by atoms with E-state index in [-0.39, 0.29) is 12.0 Å². The van der Waals surface area contributed by atoms with Crippen molar-refractivity contribution in [3.05, 3.63) is 24.3 Å². The highest BCUT2D eigenvalue weighted by Crippen LogP contribution is 2.24. The van der Waals surface area contributed by atoms with Gasteiger partial charge in [-0.3, -0.25) is 14.6 Å². The Kier molecular flexibility index (Phi) is 5.75. The van der Waals surface area contributed by atoms with Crippen LogP contribution in [0, 0.1) is 0 Å². The van der Waals surface area contributed by atoms with Crippen molar-refractivity contribution in [2.75, 3.05) is 44.2 Å². The lowest BCUT2D eigenvalue weighted by Gasteiger charge is -2.16. The maximum Gasteiger partial charge on any atom is 0.414 e. The molecule has 0 unspecified atom stereocenters. The highest BCUT2D eigenvalue weighted by atomic mass is 16.6. The van der Waals surface area contributed by atoms with Gasteiger partial charge in [0.2, 0.25) is 5.91 Å². The van der Waals surface area contributed by atoms with Gasteiger partial charge in [0.1, 0.15) is 18.5 Å². The maximum absolute atomic E-state index is 12.0. The topological polar surface area (TPSA) is 71.1 Å². The van der Waals surface area contributed by atoms with E-state index in [0.29, 0.717) is 19.7 Å². The summed E-state index contributed by atoms with van der Waals surface area (Å²) in [5, 5.41) is 2.67. The van der Waals surface area contributed by atoms with Crippen LogP contribution in [0.5, 0.6) is 5.75 Å². The molecule has 2 saturated heterocycles. The first-order chi connectivity index (χ1) is 12.1. The minimum absolute atomic E-state index is 0.134. The summed E-state index contributed by atoms with van der Waals surface area (Å²) < 4.78 is 11.0. The summed E-state index contributed by atoms with van der Waals surface area (Å²) >= 11 is 0. The minimum Gasteiger partial charge on any atom is -0.492 e. The quantitative estimate of drug-likeness (QED) is 0.812. The largest absolute Gasteiger partial charge is 0.492 e. The monoisotopic (exact) mass is 347 g/mol. The van der Waals surface area contributed by atoms with Crippen LogP contribution in [0.3, 0.4) is 0 Å². The third-order valence-electron chi connectivity index (χ3n) is 4.48. The lowest BCUT2D eigenvalue weighted by atomic mass is 10.2. The molecule has 3 rings (SSSR count). The number of hydrogen-bond donors (Lipinski definition) is 1. The summed E-state index contributed by atoms with van der Waals surface area (Å²) in [6.45, 7) is 6.15. The lowest BCUT2D eigenvalue weighted by Crippen LogP contribution is -2.33. The van der Waals surface area contributed by atoms with Gasteiger partial charge in [-0.2, -0.15) is 0 Å². The molecule has 2 amide bonds. The molecule has 1 aromatic carbocycles. The van der Waals surface area contributed by atoms with Gasteiger partial charge in [0.05, 0.1) is 13.1 Å². The molecule has 0 aliphatic carbocycles. The molecule has 0 aromatic heterocycles. The first-order valence-corrected chi connectivity index (χ1v) is 8.79. The Morgan fingerprint density at radius 3 is 2.68 bits per heavy atom. The molecule has 25 heavy (non-hydrogen) atoms. The number of carbonyl (C=O) groups excluding carboxylic acids is 2. The van der Waals surface area contributed by atoms with Crippen LogP contribution in [0.25, 0.3) is 0 Å². The Balaban J connectivity index is 1.48. The van der Waals surface area contributed by atoms with Crippen molar-refractivity contribution in [2.45, 2.75) is 25.9 Å². The molecule has 0 radical (unpaired) electrons. The van der Waals surface area contributed by atoms with Crippen LogP contribution >= 0.6 is 0 Å². The average Bonchev–Trinajstić information content (AvgIpc) is 3.23. The van der Waals surface area contributed by atoms with Gasteiger partial charge in [-0.1, -0.05) is 0 Å². The predicted octanol–water partition coefficient (Wildman–Crippen LogP) is 1.62. The summed E-state index contributed by atoms with van der Waals surface area (Å²) in [5.41, 5.74) is 0.766. The van der Waals surface area contributed by atoms with E-state index in [9.17, 15) is 9.59 Å². The van der Waals surface area contributed by atoms with Gasteiger partial charge < -0.3 is 14.8 Å². The molecular formula is C18H25N3O4. The number of nitrogens with one attached hydrogen (secondary N) is 1. The fourth-order valence-electron chi connectivity index (χ4n) is 3.12. The van der Waals surface area contributed by atoms with Gasteiger partial charge in [0.15, 0.2) is 0 Å². The fourth-order valence-corrected chi connectivity index (χ4v) is 3.12. The Bertz CT molecular complexity index is 599. The molecular weight excluding hydrogens is 322 g/mol. The van der Waals surface area contributed by atoms with Crippen LogP contribution in [-0.2, 0) is 9.53 Å². The number of likely N-dealkylation sites (tertiary alicyclic amines) is 1. The number of carbonyl (C=O) groups is 2. The SMILES string of the molecule is CC(=O)NC[C@H]1CN(c2ccc(OCCN3CCCC3)cc2)C(=O)O1. The van der Waals surface area contributed by atoms with Crippen LogP contribution in [0.2, 0.25) is 0 Å². The summed E-state index contributed by atoms with van der Waals surface area (Å²) in [6, 6.07) is 7.45. The van der Waals surface area contributed by atoms with E-state index < -0.39 is 6.09 Å². The Morgan fingerprint density at radius 1 is 1.28 bits per heavy atom. The van der Waals surface area contributed by atoms with Crippen molar-refractivity contribution < 1.29 is 19.1 Å². The van der Waals surface area contributed by atoms with Gasteiger partial charge in [-0.15, -0.1) is 0 Å². The molecule has 7 heteroatoms. The number of rotatable bonds is 7. The first-order valence-electron chi connectivity index (χ1n) is 8.79. The van der Waals surface area contributed by atoms with E-state index in [0.717, 1.165) is 18.0 Å². The Hall–Kier alpha value is -2.28. The second kappa shape index (κ2) is 8.20. The Labute approximate surface area is 147 Å². The number of cyclic esters (lactones) is 1. The van der Waals surface area contributed by atoms with Crippen LogP contribution < -0.4 is 15.0 Å². The second-order valence-corrected chi connectivity index (χ2v) is 6.44. The number of ether oxygens (including phenoxy) is 2. The molecule has 0 spiro atoms.